The van der Waals surface area contributed by atoms with Gasteiger partial charge in [0.1, 0.15) is 11.4 Å². The van der Waals surface area contributed by atoms with Crippen LogP contribution in [0.25, 0.3) is 0 Å². The Morgan fingerprint density at radius 3 is 2.66 bits per heavy atom. The van der Waals surface area contributed by atoms with Crippen LogP contribution in [0.1, 0.15) is 49.3 Å². The minimum Gasteiger partial charge on any atom is -0.487 e. The summed E-state index contributed by atoms with van der Waals surface area (Å²) in [5, 5.41) is 3.26. The second kappa shape index (κ2) is 8.32. The third-order valence-electron chi connectivity index (χ3n) is 6.54. The van der Waals surface area contributed by atoms with Gasteiger partial charge in [0.25, 0.3) is 0 Å². The fourth-order valence-electron chi connectivity index (χ4n) is 4.79. The first-order chi connectivity index (χ1) is 13.9. The Labute approximate surface area is 171 Å². The van der Waals surface area contributed by atoms with Gasteiger partial charge in [0.05, 0.1) is 25.8 Å². The monoisotopic (exact) mass is 401 g/mol. The Kier molecular flexibility index (Phi) is 5.79. The molecule has 7 nitrogen and oxygen atoms in total. The highest BCUT2D eigenvalue weighted by atomic mass is 16.5. The average Bonchev–Trinajstić information content (AvgIpc) is 2.69. The molecule has 2 fully saturated rings. The smallest absolute Gasteiger partial charge is 0.234 e. The highest BCUT2D eigenvalue weighted by Gasteiger charge is 2.42. The zero-order valence-electron chi connectivity index (χ0n) is 17.1. The number of aryl methyl sites for hydroxylation is 1. The van der Waals surface area contributed by atoms with Gasteiger partial charge in [-0.25, -0.2) is 0 Å². The fourth-order valence-corrected chi connectivity index (χ4v) is 4.79. The lowest BCUT2D eigenvalue weighted by Gasteiger charge is -2.44. The Bertz CT molecular complexity index is 767. The predicted molar refractivity (Wildman–Crippen MR) is 108 cm³/mol. The normalized spacial score (nSPS) is 24.5. The number of primary amides is 1. The molecule has 0 bridgehead atoms. The van der Waals surface area contributed by atoms with Crippen LogP contribution in [0.4, 0.5) is 0 Å². The van der Waals surface area contributed by atoms with Gasteiger partial charge in [-0.15, -0.1) is 0 Å². The topological polar surface area (TPSA) is 93.9 Å². The minimum absolute atomic E-state index is 0.0177. The fraction of sp³-hybridized carbons (Fsp3) is 0.636. The number of nitrogens with one attached hydrogen (secondary N) is 1. The van der Waals surface area contributed by atoms with Crippen LogP contribution in [0.2, 0.25) is 0 Å². The van der Waals surface area contributed by atoms with Crippen molar-refractivity contribution in [1.29, 1.82) is 0 Å². The van der Waals surface area contributed by atoms with Crippen molar-refractivity contribution in [2.75, 3.05) is 32.8 Å². The van der Waals surface area contributed by atoms with Crippen LogP contribution in [0.15, 0.2) is 18.2 Å². The Balaban J connectivity index is 1.43. The number of rotatable bonds is 4. The van der Waals surface area contributed by atoms with Crippen LogP contribution >= 0.6 is 0 Å². The number of likely N-dealkylation sites (tertiary alicyclic amines) is 1. The quantitative estimate of drug-likeness (QED) is 0.801. The highest BCUT2D eigenvalue weighted by molar-refractivity contribution is 5.79. The molecule has 0 aliphatic carbocycles. The Morgan fingerprint density at radius 1 is 1.24 bits per heavy atom. The zero-order valence-corrected chi connectivity index (χ0v) is 17.1. The molecule has 0 aromatic heterocycles. The van der Waals surface area contributed by atoms with Crippen molar-refractivity contribution in [3.63, 3.8) is 0 Å². The molecule has 1 aromatic rings. The number of hydrogen-bond donors (Lipinski definition) is 2. The van der Waals surface area contributed by atoms with Gasteiger partial charge in [-0.1, -0.05) is 17.7 Å². The van der Waals surface area contributed by atoms with E-state index in [1.807, 2.05) is 6.07 Å². The maximum atomic E-state index is 12.9. The van der Waals surface area contributed by atoms with E-state index in [1.54, 1.807) is 0 Å². The third kappa shape index (κ3) is 4.56. The summed E-state index contributed by atoms with van der Waals surface area (Å²) in [7, 11) is 0. The van der Waals surface area contributed by atoms with E-state index in [4.69, 9.17) is 15.2 Å². The summed E-state index contributed by atoms with van der Waals surface area (Å²) >= 11 is 0. The minimum atomic E-state index is -0.266. The first-order valence-corrected chi connectivity index (χ1v) is 10.6. The number of nitrogens with zero attached hydrogens (tertiary/aromatic N) is 1. The molecule has 3 aliphatic rings. The second-order valence-corrected chi connectivity index (χ2v) is 8.72. The standard InChI is InChI=1S/C22H31N3O4/c1-15-2-3-19-17(12-15)18(13-22(29-19)6-10-28-11-7-22)24-20(26)14-25-8-4-16(5-9-25)21(23)27/h2-3,12,16,18H,4-11,13-14H2,1H3,(H2,23,27)(H,24,26). The van der Waals surface area contributed by atoms with Crippen molar-refractivity contribution < 1.29 is 19.1 Å². The number of hydrogen-bond acceptors (Lipinski definition) is 5. The van der Waals surface area contributed by atoms with Gasteiger partial charge in [0.15, 0.2) is 0 Å². The molecule has 3 aliphatic heterocycles. The Morgan fingerprint density at radius 2 is 1.97 bits per heavy atom. The van der Waals surface area contributed by atoms with E-state index in [1.165, 1.54) is 0 Å². The van der Waals surface area contributed by atoms with Crippen molar-refractivity contribution in [3.05, 3.63) is 29.3 Å². The van der Waals surface area contributed by atoms with E-state index in [0.717, 1.165) is 62.1 Å². The molecule has 7 heteroatoms. The first kappa shape index (κ1) is 20.2. The molecule has 158 valence electrons. The number of carbonyl (C=O) groups excluding carboxylic acids is 2. The van der Waals surface area contributed by atoms with Crippen molar-refractivity contribution >= 4 is 11.8 Å². The molecule has 1 aromatic carbocycles. The molecule has 29 heavy (non-hydrogen) atoms. The van der Waals surface area contributed by atoms with Crippen molar-refractivity contribution in [2.45, 2.75) is 50.7 Å². The summed E-state index contributed by atoms with van der Waals surface area (Å²) in [6, 6.07) is 6.13. The van der Waals surface area contributed by atoms with Crippen LogP contribution in [-0.4, -0.2) is 55.2 Å². The van der Waals surface area contributed by atoms with E-state index in [9.17, 15) is 9.59 Å². The van der Waals surface area contributed by atoms with Crippen LogP contribution < -0.4 is 15.8 Å². The maximum Gasteiger partial charge on any atom is 0.234 e. The number of amides is 2. The second-order valence-electron chi connectivity index (χ2n) is 8.72. The van der Waals surface area contributed by atoms with Crippen LogP contribution in [0.5, 0.6) is 5.75 Å². The lowest BCUT2D eigenvalue weighted by molar-refractivity contribution is -0.125. The van der Waals surface area contributed by atoms with E-state index < -0.39 is 0 Å². The van der Waals surface area contributed by atoms with Crippen molar-refractivity contribution in [3.8, 4) is 5.75 Å². The Hall–Kier alpha value is -2.12. The van der Waals surface area contributed by atoms with Gasteiger partial charge in [0.2, 0.25) is 11.8 Å². The number of benzene rings is 1. The van der Waals surface area contributed by atoms with Gasteiger partial charge in [-0.05, 0) is 38.9 Å². The molecule has 0 radical (unpaired) electrons. The van der Waals surface area contributed by atoms with Gasteiger partial charge in [-0.3, -0.25) is 14.5 Å². The summed E-state index contributed by atoms with van der Waals surface area (Å²) in [5.74, 6) is 0.596. The molecule has 2 amide bonds. The largest absolute Gasteiger partial charge is 0.487 e. The summed E-state index contributed by atoms with van der Waals surface area (Å²) in [6.45, 7) is 5.24. The number of ether oxygens (including phenoxy) is 2. The molecule has 0 saturated carbocycles. The molecule has 1 unspecified atom stereocenters. The van der Waals surface area contributed by atoms with Crippen LogP contribution in [0, 0.1) is 12.8 Å². The predicted octanol–water partition coefficient (Wildman–Crippen LogP) is 1.68. The van der Waals surface area contributed by atoms with E-state index in [2.05, 4.69) is 29.3 Å². The number of piperidine rings is 1. The highest BCUT2D eigenvalue weighted by Crippen LogP contribution is 2.44. The maximum absolute atomic E-state index is 12.9. The molecule has 3 heterocycles. The van der Waals surface area contributed by atoms with Gasteiger partial charge in [0, 0.05) is 30.7 Å². The van der Waals surface area contributed by atoms with Crippen molar-refractivity contribution in [2.24, 2.45) is 11.7 Å². The van der Waals surface area contributed by atoms with E-state index in [0.29, 0.717) is 19.8 Å². The summed E-state index contributed by atoms with van der Waals surface area (Å²) in [4.78, 5) is 26.3. The molecular weight excluding hydrogens is 370 g/mol. The number of carbonyl (C=O) groups is 2. The summed E-state index contributed by atoms with van der Waals surface area (Å²) in [5.41, 5.74) is 7.35. The van der Waals surface area contributed by atoms with Crippen LogP contribution in [-0.2, 0) is 14.3 Å². The molecule has 2 saturated heterocycles. The SMILES string of the molecule is Cc1ccc2c(c1)C(NC(=O)CN1CCC(C(N)=O)CC1)CC1(CCOCC1)O2. The number of nitrogens with two attached hydrogens (primary N) is 1. The van der Waals surface area contributed by atoms with Gasteiger partial charge >= 0.3 is 0 Å². The zero-order chi connectivity index (χ0) is 20.4. The molecule has 1 spiro atoms. The van der Waals surface area contributed by atoms with Gasteiger partial charge in [-0.2, -0.15) is 0 Å². The average molecular weight is 402 g/mol. The molecular formula is C22H31N3O4. The number of fused-ring (bicyclic) bond motifs is 1. The lowest BCUT2D eigenvalue weighted by Crippen LogP contribution is -2.50. The summed E-state index contributed by atoms with van der Waals surface area (Å²) < 4.78 is 12.0. The third-order valence-corrected chi connectivity index (χ3v) is 6.54. The molecule has 4 rings (SSSR count). The molecule has 1 atom stereocenters. The van der Waals surface area contributed by atoms with E-state index >= 15 is 0 Å². The first-order valence-electron chi connectivity index (χ1n) is 10.6. The lowest BCUT2D eigenvalue weighted by atomic mass is 9.81. The van der Waals surface area contributed by atoms with Crippen LogP contribution in [0.3, 0.4) is 0 Å². The summed E-state index contributed by atoms with van der Waals surface area (Å²) in [6.07, 6.45) is 3.90. The van der Waals surface area contributed by atoms with E-state index in [-0.39, 0.29) is 29.4 Å². The van der Waals surface area contributed by atoms with Gasteiger partial charge < -0.3 is 20.5 Å². The molecule has 3 N–H and O–H groups in total. The van der Waals surface area contributed by atoms with Crippen molar-refractivity contribution in [1.82, 2.24) is 10.2 Å².